The predicted molar refractivity (Wildman–Crippen MR) is 61.5 cm³/mol. The number of hydrogen-bond donors (Lipinski definition) is 2. The Bertz CT molecular complexity index is 496. The first-order chi connectivity index (χ1) is 8.45. The number of ether oxygens (including phenoxy) is 1. The van der Waals surface area contributed by atoms with Gasteiger partial charge in [0.2, 0.25) is 10.0 Å². The molecule has 9 heteroatoms. The monoisotopic (exact) mass is 277 g/mol. The van der Waals surface area contributed by atoms with Crippen LogP contribution < -0.4 is 4.72 Å². The molecule has 0 aliphatic carbocycles. The minimum Gasteiger partial charge on any atom is -0.480 e. The molecule has 0 aliphatic heterocycles. The van der Waals surface area contributed by atoms with Crippen LogP contribution in [0.5, 0.6) is 0 Å². The SMILES string of the molecule is CCOCCNS(=O)(=O)c1cnn(CC(=O)O)c1. The number of nitrogens with one attached hydrogen (secondary N) is 1. The summed E-state index contributed by atoms with van der Waals surface area (Å²) in [6.45, 7) is 2.37. The van der Waals surface area contributed by atoms with Gasteiger partial charge in [0.15, 0.2) is 0 Å². The van der Waals surface area contributed by atoms with E-state index in [0.717, 1.165) is 17.1 Å². The first-order valence-corrected chi connectivity index (χ1v) is 6.75. The zero-order chi connectivity index (χ0) is 13.6. The molecule has 0 aliphatic rings. The fourth-order valence-corrected chi connectivity index (χ4v) is 2.15. The molecule has 1 aromatic rings. The van der Waals surface area contributed by atoms with Gasteiger partial charge in [-0.05, 0) is 6.92 Å². The summed E-state index contributed by atoms with van der Waals surface area (Å²) in [4.78, 5) is 10.4. The lowest BCUT2D eigenvalue weighted by Gasteiger charge is -2.04. The van der Waals surface area contributed by atoms with Crippen molar-refractivity contribution in [3.8, 4) is 0 Å². The molecular weight excluding hydrogens is 262 g/mol. The first kappa shape index (κ1) is 14.6. The average molecular weight is 277 g/mol. The molecular formula is C9H15N3O5S. The van der Waals surface area contributed by atoms with Gasteiger partial charge < -0.3 is 9.84 Å². The lowest BCUT2D eigenvalue weighted by atomic mass is 10.6. The Balaban J connectivity index is 2.61. The van der Waals surface area contributed by atoms with Crippen LogP contribution in [-0.4, -0.2) is 49.0 Å². The summed E-state index contributed by atoms with van der Waals surface area (Å²) in [6, 6.07) is 0. The molecule has 0 radical (unpaired) electrons. The van der Waals surface area contributed by atoms with E-state index in [1.54, 1.807) is 0 Å². The maximum atomic E-state index is 11.7. The lowest BCUT2D eigenvalue weighted by molar-refractivity contribution is -0.137. The van der Waals surface area contributed by atoms with Gasteiger partial charge in [-0.15, -0.1) is 0 Å². The molecule has 1 aromatic heterocycles. The first-order valence-electron chi connectivity index (χ1n) is 5.27. The van der Waals surface area contributed by atoms with E-state index in [9.17, 15) is 13.2 Å². The largest absolute Gasteiger partial charge is 0.480 e. The smallest absolute Gasteiger partial charge is 0.325 e. The summed E-state index contributed by atoms with van der Waals surface area (Å²) in [5, 5.41) is 12.2. The fourth-order valence-electron chi connectivity index (χ4n) is 1.18. The maximum Gasteiger partial charge on any atom is 0.325 e. The Labute approximate surface area is 105 Å². The van der Waals surface area contributed by atoms with Gasteiger partial charge in [-0.1, -0.05) is 0 Å². The maximum absolute atomic E-state index is 11.7. The van der Waals surface area contributed by atoms with E-state index < -0.39 is 16.0 Å². The van der Waals surface area contributed by atoms with Gasteiger partial charge in [-0.25, -0.2) is 13.1 Å². The number of nitrogens with zero attached hydrogens (tertiary/aromatic N) is 2. The van der Waals surface area contributed by atoms with E-state index >= 15 is 0 Å². The van der Waals surface area contributed by atoms with Crippen molar-refractivity contribution < 1.29 is 23.1 Å². The molecule has 0 amide bonds. The molecule has 1 heterocycles. The van der Waals surface area contributed by atoms with Gasteiger partial charge in [-0.2, -0.15) is 5.10 Å². The standard InChI is InChI=1S/C9H15N3O5S/c1-2-17-4-3-11-18(15,16)8-5-10-12(6-8)7-9(13)14/h5-6,11H,2-4,7H2,1H3,(H,13,14). The van der Waals surface area contributed by atoms with Crippen molar-refractivity contribution >= 4 is 16.0 Å². The highest BCUT2D eigenvalue weighted by molar-refractivity contribution is 7.89. The van der Waals surface area contributed by atoms with Crippen molar-refractivity contribution in [3.05, 3.63) is 12.4 Å². The van der Waals surface area contributed by atoms with Crippen LogP contribution >= 0.6 is 0 Å². The second-order valence-electron chi connectivity index (χ2n) is 3.36. The van der Waals surface area contributed by atoms with Crippen molar-refractivity contribution in [3.63, 3.8) is 0 Å². The third-order valence-electron chi connectivity index (χ3n) is 1.96. The van der Waals surface area contributed by atoms with Crippen LogP contribution in [0.25, 0.3) is 0 Å². The molecule has 0 fully saturated rings. The van der Waals surface area contributed by atoms with E-state index in [2.05, 4.69) is 9.82 Å². The third kappa shape index (κ3) is 4.43. The topological polar surface area (TPSA) is 111 Å². The second kappa shape index (κ2) is 6.47. The van der Waals surface area contributed by atoms with Crippen molar-refractivity contribution in [1.29, 1.82) is 0 Å². The summed E-state index contributed by atoms with van der Waals surface area (Å²) in [6.07, 6.45) is 2.27. The van der Waals surface area contributed by atoms with Crippen molar-refractivity contribution in [2.45, 2.75) is 18.4 Å². The van der Waals surface area contributed by atoms with E-state index in [0.29, 0.717) is 6.61 Å². The van der Waals surface area contributed by atoms with Crippen LogP contribution in [-0.2, 0) is 26.1 Å². The fraction of sp³-hybridized carbons (Fsp3) is 0.556. The highest BCUT2D eigenvalue weighted by atomic mass is 32.2. The Morgan fingerprint density at radius 3 is 2.94 bits per heavy atom. The quantitative estimate of drug-likeness (QED) is 0.607. The molecule has 18 heavy (non-hydrogen) atoms. The predicted octanol–water partition coefficient (Wildman–Crippen LogP) is -0.717. The number of carbonyl (C=O) groups is 1. The summed E-state index contributed by atoms with van der Waals surface area (Å²) in [7, 11) is -3.66. The molecule has 0 aromatic carbocycles. The highest BCUT2D eigenvalue weighted by Gasteiger charge is 2.16. The van der Waals surface area contributed by atoms with Gasteiger partial charge in [0.05, 0.1) is 12.8 Å². The number of sulfonamides is 1. The van der Waals surface area contributed by atoms with Crippen LogP contribution in [0.1, 0.15) is 6.92 Å². The van der Waals surface area contributed by atoms with Crippen LogP contribution in [0, 0.1) is 0 Å². The Morgan fingerprint density at radius 2 is 2.33 bits per heavy atom. The normalized spacial score (nSPS) is 11.6. The van der Waals surface area contributed by atoms with E-state index in [-0.39, 0.29) is 24.6 Å². The number of carboxylic acid groups (broad SMARTS) is 1. The summed E-state index contributed by atoms with van der Waals surface area (Å²) in [5.41, 5.74) is 0. The number of rotatable bonds is 8. The summed E-state index contributed by atoms with van der Waals surface area (Å²) in [5.74, 6) is -1.09. The van der Waals surface area contributed by atoms with E-state index in [1.165, 1.54) is 0 Å². The summed E-state index contributed by atoms with van der Waals surface area (Å²) < 4.78 is 31.8. The second-order valence-corrected chi connectivity index (χ2v) is 5.13. The Kier molecular flexibility index (Phi) is 5.25. The minimum atomic E-state index is -3.66. The number of aromatic nitrogens is 2. The van der Waals surface area contributed by atoms with Crippen LogP contribution in [0.2, 0.25) is 0 Å². The van der Waals surface area contributed by atoms with Gasteiger partial charge in [0.1, 0.15) is 11.4 Å². The molecule has 8 nitrogen and oxygen atoms in total. The number of hydrogen-bond acceptors (Lipinski definition) is 5. The van der Waals surface area contributed by atoms with Crippen LogP contribution in [0.15, 0.2) is 17.3 Å². The van der Waals surface area contributed by atoms with Crippen LogP contribution in [0.4, 0.5) is 0 Å². The summed E-state index contributed by atoms with van der Waals surface area (Å²) >= 11 is 0. The molecule has 0 saturated heterocycles. The molecule has 0 unspecified atom stereocenters. The molecule has 2 N–H and O–H groups in total. The van der Waals surface area contributed by atoms with E-state index in [1.807, 2.05) is 6.92 Å². The molecule has 0 saturated carbocycles. The van der Waals surface area contributed by atoms with Gasteiger partial charge in [0.25, 0.3) is 0 Å². The number of carboxylic acids is 1. The van der Waals surface area contributed by atoms with Crippen molar-refractivity contribution in [2.24, 2.45) is 0 Å². The van der Waals surface area contributed by atoms with Gasteiger partial charge in [-0.3, -0.25) is 9.48 Å². The number of aliphatic carboxylic acids is 1. The zero-order valence-corrected chi connectivity index (χ0v) is 10.7. The average Bonchev–Trinajstić information content (AvgIpc) is 2.73. The molecule has 102 valence electrons. The van der Waals surface area contributed by atoms with Gasteiger partial charge >= 0.3 is 5.97 Å². The molecule has 0 bridgehead atoms. The van der Waals surface area contributed by atoms with Gasteiger partial charge in [0, 0.05) is 19.3 Å². The Hall–Kier alpha value is -1.45. The van der Waals surface area contributed by atoms with E-state index in [4.69, 9.17) is 9.84 Å². The molecule has 0 spiro atoms. The Morgan fingerprint density at radius 1 is 1.61 bits per heavy atom. The van der Waals surface area contributed by atoms with Crippen molar-refractivity contribution in [2.75, 3.05) is 19.8 Å². The lowest BCUT2D eigenvalue weighted by Crippen LogP contribution is -2.27. The molecule has 1 rings (SSSR count). The zero-order valence-electron chi connectivity index (χ0n) is 9.87. The highest BCUT2D eigenvalue weighted by Crippen LogP contribution is 2.06. The van der Waals surface area contributed by atoms with Crippen LogP contribution in [0.3, 0.4) is 0 Å². The molecule has 0 atom stereocenters. The van der Waals surface area contributed by atoms with Crippen molar-refractivity contribution in [1.82, 2.24) is 14.5 Å². The minimum absolute atomic E-state index is 0.0692. The third-order valence-corrected chi connectivity index (χ3v) is 3.38.